The Kier molecular flexibility index (Phi) is 5.95. The molecular weight excluding hydrogens is 311 g/mol. The summed E-state index contributed by atoms with van der Waals surface area (Å²) < 4.78 is 13.1. The molecule has 0 saturated carbocycles. The van der Waals surface area contributed by atoms with E-state index in [1.54, 1.807) is 42.6 Å². The van der Waals surface area contributed by atoms with E-state index in [4.69, 9.17) is 12.3 Å². The van der Waals surface area contributed by atoms with Crippen molar-refractivity contribution in [2.24, 2.45) is 5.73 Å². The van der Waals surface area contributed by atoms with Crippen molar-refractivity contribution in [3.8, 4) is 11.1 Å². The molecule has 2 aromatic rings. The van der Waals surface area contributed by atoms with Crippen molar-refractivity contribution in [3.05, 3.63) is 59.6 Å². The standard InChI is InChI=1S/C17H17FN4O2/c1-20-15-7-6-13(10-21-15)11-2-4-12(5-3-11)17(24)14(8-18)22-16(23)9-19/h2-7,10,14,17,24H,8-9,19H2,(H,22,23). The molecule has 24 heavy (non-hydrogen) atoms. The summed E-state index contributed by atoms with van der Waals surface area (Å²) in [6.45, 7) is 5.71. The largest absolute Gasteiger partial charge is 0.386 e. The van der Waals surface area contributed by atoms with Gasteiger partial charge in [-0.05, 0) is 17.2 Å². The smallest absolute Gasteiger partial charge is 0.269 e. The van der Waals surface area contributed by atoms with Crippen molar-refractivity contribution in [1.29, 1.82) is 0 Å². The van der Waals surface area contributed by atoms with Gasteiger partial charge in [0, 0.05) is 5.56 Å². The second kappa shape index (κ2) is 8.15. The van der Waals surface area contributed by atoms with Gasteiger partial charge in [-0.15, -0.1) is 4.98 Å². The maximum atomic E-state index is 13.1. The van der Waals surface area contributed by atoms with Crippen LogP contribution in [0.2, 0.25) is 0 Å². The number of carbonyl (C=O) groups excluding carboxylic acids is 1. The number of hydrogen-bond donors (Lipinski definition) is 3. The van der Waals surface area contributed by atoms with E-state index < -0.39 is 24.7 Å². The SMILES string of the molecule is [C-]#[N+]c1ccc(-c2ccc(C(O)C(CF)NC(=O)CN)cc2)cn1. The van der Waals surface area contributed by atoms with Gasteiger partial charge < -0.3 is 21.0 Å². The van der Waals surface area contributed by atoms with Gasteiger partial charge in [-0.2, -0.15) is 0 Å². The van der Waals surface area contributed by atoms with E-state index in [2.05, 4.69) is 15.1 Å². The number of nitrogens with one attached hydrogen (secondary N) is 1. The fourth-order valence-corrected chi connectivity index (χ4v) is 2.20. The fraction of sp³-hybridized carbons (Fsp3) is 0.235. The van der Waals surface area contributed by atoms with Crippen molar-refractivity contribution in [1.82, 2.24) is 10.3 Å². The van der Waals surface area contributed by atoms with Crippen LogP contribution in [0.15, 0.2) is 42.6 Å². The Balaban J connectivity index is 2.15. The monoisotopic (exact) mass is 328 g/mol. The van der Waals surface area contributed by atoms with Crippen LogP contribution in [0, 0.1) is 6.57 Å². The zero-order chi connectivity index (χ0) is 17.5. The maximum absolute atomic E-state index is 13.1. The first-order valence-corrected chi connectivity index (χ1v) is 7.26. The number of hydrogen-bond acceptors (Lipinski definition) is 4. The molecular formula is C17H17FN4O2. The van der Waals surface area contributed by atoms with Crippen LogP contribution in [0.25, 0.3) is 16.0 Å². The van der Waals surface area contributed by atoms with Crippen LogP contribution in [-0.2, 0) is 4.79 Å². The van der Waals surface area contributed by atoms with Gasteiger partial charge in [0.15, 0.2) is 0 Å². The zero-order valence-electron chi connectivity index (χ0n) is 12.8. The number of rotatable bonds is 6. The molecule has 2 atom stereocenters. The summed E-state index contributed by atoms with van der Waals surface area (Å²) in [6.07, 6.45) is 0.409. The van der Waals surface area contributed by atoms with Crippen LogP contribution in [0.1, 0.15) is 11.7 Å². The molecule has 0 bridgehead atoms. The van der Waals surface area contributed by atoms with Gasteiger partial charge in [-0.25, -0.2) is 4.39 Å². The lowest BCUT2D eigenvalue weighted by Crippen LogP contribution is -2.43. The number of amides is 1. The normalized spacial score (nSPS) is 12.9. The summed E-state index contributed by atoms with van der Waals surface area (Å²) in [5, 5.41) is 12.6. The molecule has 0 aliphatic heterocycles. The van der Waals surface area contributed by atoms with Gasteiger partial charge >= 0.3 is 0 Å². The Labute approximate surface area is 139 Å². The first-order chi connectivity index (χ1) is 11.6. The van der Waals surface area contributed by atoms with E-state index in [1.807, 2.05) is 0 Å². The lowest BCUT2D eigenvalue weighted by Gasteiger charge is -2.21. The Morgan fingerprint density at radius 3 is 2.46 bits per heavy atom. The van der Waals surface area contributed by atoms with Gasteiger partial charge in [-0.1, -0.05) is 36.9 Å². The van der Waals surface area contributed by atoms with Gasteiger partial charge in [0.05, 0.1) is 12.6 Å². The van der Waals surface area contributed by atoms with Crippen LogP contribution in [0.3, 0.4) is 0 Å². The number of aliphatic hydroxyl groups excluding tert-OH is 1. The molecule has 1 aromatic heterocycles. The topological polar surface area (TPSA) is 92.6 Å². The van der Waals surface area contributed by atoms with E-state index in [0.29, 0.717) is 11.4 Å². The number of aromatic nitrogens is 1. The number of halogens is 1. The second-order valence-electron chi connectivity index (χ2n) is 5.12. The number of aliphatic hydroxyl groups is 1. The van der Waals surface area contributed by atoms with Crippen LogP contribution in [0.5, 0.6) is 0 Å². The van der Waals surface area contributed by atoms with Crippen molar-refractivity contribution < 1.29 is 14.3 Å². The Hall–Kier alpha value is -2.82. The molecule has 1 aromatic carbocycles. The molecule has 0 saturated heterocycles. The fourth-order valence-electron chi connectivity index (χ4n) is 2.20. The minimum Gasteiger partial charge on any atom is -0.386 e. The van der Waals surface area contributed by atoms with Gasteiger partial charge in [0.25, 0.3) is 5.82 Å². The lowest BCUT2D eigenvalue weighted by atomic mass is 9.99. The van der Waals surface area contributed by atoms with E-state index in [0.717, 1.165) is 11.1 Å². The Bertz CT molecular complexity index is 726. The summed E-state index contributed by atoms with van der Waals surface area (Å²) in [5.41, 5.74) is 7.32. The van der Waals surface area contributed by atoms with Crippen LogP contribution in [-0.4, -0.2) is 35.3 Å². The molecule has 2 rings (SSSR count). The average molecular weight is 328 g/mol. The van der Waals surface area contributed by atoms with Crippen molar-refractivity contribution >= 4 is 11.7 Å². The summed E-state index contributed by atoms with van der Waals surface area (Å²) >= 11 is 0. The first-order valence-electron chi connectivity index (χ1n) is 7.26. The molecule has 0 spiro atoms. The highest BCUT2D eigenvalue weighted by Crippen LogP contribution is 2.24. The predicted molar refractivity (Wildman–Crippen MR) is 87.9 cm³/mol. The van der Waals surface area contributed by atoms with Crippen LogP contribution < -0.4 is 11.1 Å². The van der Waals surface area contributed by atoms with Crippen LogP contribution in [0.4, 0.5) is 10.2 Å². The maximum Gasteiger partial charge on any atom is 0.269 e. The summed E-state index contributed by atoms with van der Waals surface area (Å²) in [7, 11) is 0. The molecule has 1 heterocycles. The van der Waals surface area contributed by atoms with E-state index >= 15 is 0 Å². The molecule has 4 N–H and O–H groups in total. The minimum atomic E-state index is -1.18. The minimum absolute atomic E-state index is 0.268. The van der Waals surface area contributed by atoms with Crippen molar-refractivity contribution in [2.45, 2.75) is 12.1 Å². The predicted octanol–water partition coefficient (Wildman–Crippen LogP) is 1.75. The van der Waals surface area contributed by atoms with E-state index in [9.17, 15) is 14.3 Å². The summed E-state index contributed by atoms with van der Waals surface area (Å²) in [6, 6.07) is 9.16. The third kappa shape index (κ3) is 4.13. The zero-order valence-corrected chi connectivity index (χ0v) is 12.8. The molecule has 124 valence electrons. The Morgan fingerprint density at radius 2 is 1.96 bits per heavy atom. The summed E-state index contributed by atoms with van der Waals surface area (Å²) in [4.78, 5) is 18.5. The highest BCUT2D eigenvalue weighted by Gasteiger charge is 2.22. The van der Waals surface area contributed by atoms with Crippen molar-refractivity contribution in [3.63, 3.8) is 0 Å². The van der Waals surface area contributed by atoms with Gasteiger partial charge in [-0.3, -0.25) is 4.79 Å². The number of benzene rings is 1. The number of nitrogens with two attached hydrogens (primary N) is 1. The lowest BCUT2D eigenvalue weighted by molar-refractivity contribution is -0.121. The molecule has 6 nitrogen and oxygen atoms in total. The van der Waals surface area contributed by atoms with Crippen molar-refractivity contribution in [2.75, 3.05) is 13.2 Å². The van der Waals surface area contributed by atoms with Gasteiger partial charge in [0.2, 0.25) is 5.91 Å². The molecule has 0 aliphatic rings. The second-order valence-corrected chi connectivity index (χ2v) is 5.12. The van der Waals surface area contributed by atoms with E-state index in [-0.39, 0.29) is 6.54 Å². The third-order valence-corrected chi connectivity index (χ3v) is 3.53. The van der Waals surface area contributed by atoms with Crippen LogP contribution >= 0.6 is 0 Å². The first kappa shape index (κ1) is 17.5. The highest BCUT2D eigenvalue weighted by molar-refractivity contribution is 5.78. The quantitative estimate of drug-likeness (QED) is 0.704. The number of alkyl halides is 1. The molecule has 0 radical (unpaired) electrons. The summed E-state index contributed by atoms with van der Waals surface area (Å²) in [5.74, 6) is -0.216. The molecule has 0 aliphatic carbocycles. The molecule has 7 heteroatoms. The number of pyridine rings is 1. The van der Waals surface area contributed by atoms with Gasteiger partial charge in [0.1, 0.15) is 19.0 Å². The highest BCUT2D eigenvalue weighted by atomic mass is 19.1. The molecule has 2 unspecified atom stereocenters. The number of nitrogens with zero attached hydrogens (tertiary/aromatic N) is 2. The molecule has 0 fully saturated rings. The average Bonchev–Trinajstić information content (AvgIpc) is 2.65. The Morgan fingerprint density at radius 1 is 1.29 bits per heavy atom. The third-order valence-electron chi connectivity index (χ3n) is 3.53. The van der Waals surface area contributed by atoms with E-state index in [1.165, 1.54) is 0 Å². The number of carbonyl (C=O) groups is 1. The molecule has 1 amide bonds.